The molecule has 0 aliphatic rings. The van der Waals surface area contributed by atoms with Gasteiger partial charge in [-0.3, -0.25) is 0 Å². The molecule has 2 aromatic rings. The van der Waals surface area contributed by atoms with Crippen molar-refractivity contribution in [3.8, 4) is 11.3 Å². The van der Waals surface area contributed by atoms with Crippen molar-refractivity contribution in [1.82, 2.24) is 9.97 Å². The van der Waals surface area contributed by atoms with Gasteiger partial charge in [0.25, 0.3) is 0 Å². The average molecular weight is 324 g/mol. The van der Waals surface area contributed by atoms with Crippen LogP contribution < -0.4 is 5.32 Å². The first-order chi connectivity index (χ1) is 9.75. The molecule has 1 N–H and O–H groups in total. The van der Waals surface area contributed by atoms with Gasteiger partial charge in [0.1, 0.15) is 11.6 Å². The zero-order chi connectivity index (χ0) is 15.8. The predicted molar refractivity (Wildman–Crippen MR) is 90.5 cm³/mol. The number of nitrogens with one attached hydrogen (secondary N) is 1. The second-order valence-electron chi connectivity index (χ2n) is 5.97. The van der Waals surface area contributed by atoms with Gasteiger partial charge in [0.05, 0.1) is 15.7 Å². The van der Waals surface area contributed by atoms with E-state index in [4.69, 9.17) is 28.2 Å². The number of nitrogens with zero attached hydrogens (tertiary/aromatic N) is 2. The van der Waals surface area contributed by atoms with Gasteiger partial charge >= 0.3 is 0 Å². The first kappa shape index (κ1) is 16.1. The number of hydrogen-bond donors (Lipinski definition) is 1. The van der Waals surface area contributed by atoms with E-state index in [0.717, 1.165) is 28.5 Å². The van der Waals surface area contributed by atoms with Crippen LogP contribution in [0.5, 0.6) is 0 Å². The Hall–Kier alpha value is -1.32. The van der Waals surface area contributed by atoms with Crippen LogP contribution in [0.1, 0.15) is 32.2 Å². The average Bonchev–Trinajstić information content (AvgIpc) is 2.41. The van der Waals surface area contributed by atoms with Crippen molar-refractivity contribution in [2.45, 2.75) is 33.1 Å². The van der Waals surface area contributed by atoms with Gasteiger partial charge < -0.3 is 5.32 Å². The first-order valence-corrected chi connectivity index (χ1v) is 7.52. The molecule has 112 valence electrons. The molecule has 2 rings (SSSR count). The molecule has 1 aromatic carbocycles. The molecule has 0 spiro atoms. The lowest BCUT2D eigenvalue weighted by atomic mass is 9.95. The summed E-state index contributed by atoms with van der Waals surface area (Å²) in [7, 11) is 1.85. The van der Waals surface area contributed by atoms with E-state index < -0.39 is 0 Å². The standard InChI is InChI=1S/C16H19Cl2N3/c1-9-13(10-7-6-8-11(17)12(10)18)20-15(16(2,3)4)21-14(9)19-5/h6-8H,1-5H3,(H,19,20,21). The quantitative estimate of drug-likeness (QED) is 0.835. The van der Waals surface area contributed by atoms with Crippen LogP contribution in [0.3, 0.4) is 0 Å². The van der Waals surface area contributed by atoms with Crippen LogP contribution in [-0.4, -0.2) is 17.0 Å². The number of halogens is 2. The SMILES string of the molecule is CNc1nc(C(C)(C)C)nc(-c2cccc(Cl)c2Cl)c1C. The monoisotopic (exact) mass is 323 g/mol. The highest BCUT2D eigenvalue weighted by Crippen LogP contribution is 2.36. The van der Waals surface area contributed by atoms with E-state index in [9.17, 15) is 0 Å². The van der Waals surface area contributed by atoms with Gasteiger partial charge in [0.2, 0.25) is 0 Å². The van der Waals surface area contributed by atoms with Crippen LogP contribution in [0.25, 0.3) is 11.3 Å². The summed E-state index contributed by atoms with van der Waals surface area (Å²) in [6.07, 6.45) is 0. The highest BCUT2D eigenvalue weighted by atomic mass is 35.5. The molecule has 0 radical (unpaired) electrons. The largest absolute Gasteiger partial charge is 0.373 e. The lowest BCUT2D eigenvalue weighted by Gasteiger charge is -2.21. The third-order valence-electron chi connectivity index (χ3n) is 3.26. The van der Waals surface area contributed by atoms with Gasteiger partial charge in [-0.15, -0.1) is 0 Å². The summed E-state index contributed by atoms with van der Waals surface area (Å²) in [6, 6.07) is 5.57. The number of aromatic nitrogens is 2. The van der Waals surface area contributed by atoms with E-state index in [1.165, 1.54) is 0 Å². The fraction of sp³-hybridized carbons (Fsp3) is 0.375. The molecule has 0 amide bonds. The molecular formula is C16H19Cl2N3. The number of hydrogen-bond acceptors (Lipinski definition) is 3. The van der Waals surface area contributed by atoms with Crippen LogP contribution in [-0.2, 0) is 5.41 Å². The van der Waals surface area contributed by atoms with E-state index in [1.54, 1.807) is 6.07 Å². The van der Waals surface area contributed by atoms with E-state index in [2.05, 4.69) is 31.1 Å². The smallest absolute Gasteiger partial charge is 0.136 e. The maximum Gasteiger partial charge on any atom is 0.136 e. The predicted octanol–water partition coefficient (Wildman–Crippen LogP) is 5.10. The fourth-order valence-electron chi connectivity index (χ4n) is 2.04. The Morgan fingerprint density at radius 1 is 1.10 bits per heavy atom. The van der Waals surface area contributed by atoms with E-state index in [0.29, 0.717) is 10.0 Å². The van der Waals surface area contributed by atoms with Crippen LogP contribution in [0.15, 0.2) is 18.2 Å². The van der Waals surface area contributed by atoms with Gasteiger partial charge in [-0.1, -0.05) is 56.1 Å². The molecule has 0 bridgehead atoms. The lowest BCUT2D eigenvalue weighted by molar-refractivity contribution is 0.546. The third-order valence-corrected chi connectivity index (χ3v) is 4.08. The molecule has 0 aliphatic heterocycles. The summed E-state index contributed by atoms with van der Waals surface area (Å²) in [5.41, 5.74) is 2.44. The first-order valence-electron chi connectivity index (χ1n) is 6.77. The van der Waals surface area contributed by atoms with Crippen molar-refractivity contribution >= 4 is 29.0 Å². The second kappa shape index (κ2) is 5.82. The van der Waals surface area contributed by atoms with Crippen molar-refractivity contribution in [3.05, 3.63) is 39.6 Å². The third kappa shape index (κ3) is 3.14. The lowest BCUT2D eigenvalue weighted by Crippen LogP contribution is -2.18. The summed E-state index contributed by atoms with van der Waals surface area (Å²) in [6.45, 7) is 8.23. The summed E-state index contributed by atoms with van der Waals surface area (Å²) >= 11 is 12.5. The maximum atomic E-state index is 6.35. The van der Waals surface area contributed by atoms with Crippen LogP contribution in [0.2, 0.25) is 10.0 Å². The van der Waals surface area contributed by atoms with Crippen molar-refractivity contribution in [3.63, 3.8) is 0 Å². The molecule has 0 saturated heterocycles. The Morgan fingerprint density at radius 2 is 1.76 bits per heavy atom. The summed E-state index contributed by atoms with van der Waals surface area (Å²) in [5, 5.41) is 4.16. The number of anilines is 1. The van der Waals surface area contributed by atoms with Gasteiger partial charge in [-0.2, -0.15) is 0 Å². The zero-order valence-electron chi connectivity index (χ0n) is 12.9. The van der Waals surface area contributed by atoms with Crippen molar-refractivity contribution in [2.24, 2.45) is 0 Å². The van der Waals surface area contributed by atoms with E-state index >= 15 is 0 Å². The molecule has 0 fully saturated rings. The normalized spacial score (nSPS) is 11.6. The van der Waals surface area contributed by atoms with Crippen LogP contribution in [0.4, 0.5) is 5.82 Å². The minimum Gasteiger partial charge on any atom is -0.373 e. The van der Waals surface area contributed by atoms with Crippen LogP contribution >= 0.6 is 23.2 Å². The summed E-state index contributed by atoms with van der Waals surface area (Å²) in [5.74, 6) is 1.57. The minimum atomic E-state index is -0.154. The fourth-order valence-corrected chi connectivity index (χ4v) is 2.43. The van der Waals surface area contributed by atoms with E-state index in [-0.39, 0.29) is 5.41 Å². The molecule has 21 heavy (non-hydrogen) atoms. The Balaban J connectivity index is 2.76. The Bertz CT molecular complexity index is 676. The van der Waals surface area contributed by atoms with Gasteiger partial charge in [-0.05, 0) is 13.0 Å². The molecular weight excluding hydrogens is 305 g/mol. The Morgan fingerprint density at radius 3 is 2.33 bits per heavy atom. The summed E-state index contributed by atoms with van der Waals surface area (Å²) in [4.78, 5) is 9.33. The Kier molecular flexibility index (Phi) is 4.45. The highest BCUT2D eigenvalue weighted by molar-refractivity contribution is 6.43. The molecule has 3 nitrogen and oxygen atoms in total. The molecule has 0 saturated carbocycles. The van der Waals surface area contributed by atoms with Gasteiger partial charge in [-0.25, -0.2) is 9.97 Å². The van der Waals surface area contributed by atoms with Gasteiger partial charge in [0.15, 0.2) is 0 Å². The number of benzene rings is 1. The van der Waals surface area contributed by atoms with Crippen molar-refractivity contribution in [1.29, 1.82) is 0 Å². The summed E-state index contributed by atoms with van der Waals surface area (Å²) < 4.78 is 0. The zero-order valence-corrected chi connectivity index (χ0v) is 14.4. The van der Waals surface area contributed by atoms with Crippen molar-refractivity contribution in [2.75, 3.05) is 12.4 Å². The van der Waals surface area contributed by atoms with Gasteiger partial charge in [0, 0.05) is 23.6 Å². The molecule has 0 atom stereocenters. The second-order valence-corrected chi connectivity index (χ2v) is 6.76. The number of rotatable bonds is 2. The highest BCUT2D eigenvalue weighted by Gasteiger charge is 2.22. The molecule has 0 aliphatic carbocycles. The molecule has 1 aromatic heterocycles. The van der Waals surface area contributed by atoms with E-state index in [1.807, 2.05) is 26.1 Å². The minimum absolute atomic E-state index is 0.154. The maximum absolute atomic E-state index is 6.35. The molecule has 1 heterocycles. The Labute approximate surface area is 135 Å². The van der Waals surface area contributed by atoms with Crippen LogP contribution in [0, 0.1) is 6.92 Å². The topological polar surface area (TPSA) is 37.8 Å². The molecule has 5 heteroatoms. The van der Waals surface area contributed by atoms with Crippen molar-refractivity contribution < 1.29 is 0 Å². The molecule has 0 unspecified atom stereocenters.